The molecule has 2 aromatic carbocycles. The van der Waals surface area contributed by atoms with Crippen molar-refractivity contribution in [2.24, 2.45) is 5.92 Å². The van der Waals surface area contributed by atoms with Gasteiger partial charge in [0.15, 0.2) is 0 Å². The maximum absolute atomic E-state index is 12.5. The number of amides is 1. The minimum atomic E-state index is -3.55. The summed E-state index contributed by atoms with van der Waals surface area (Å²) in [7, 11) is -2.05. The third-order valence-corrected chi connectivity index (χ3v) is 6.90. The second-order valence-electron chi connectivity index (χ2n) is 7.91. The molecule has 0 aliphatic carbocycles. The molecule has 0 spiro atoms. The van der Waals surface area contributed by atoms with Crippen LogP contribution in [-0.2, 0) is 16.6 Å². The van der Waals surface area contributed by atoms with Crippen LogP contribution in [-0.4, -0.2) is 34.2 Å². The second-order valence-corrected chi connectivity index (χ2v) is 10.2. The predicted octanol–water partition coefficient (Wildman–Crippen LogP) is 5.26. The van der Waals surface area contributed by atoms with Crippen LogP contribution in [0.3, 0.4) is 0 Å². The van der Waals surface area contributed by atoms with Crippen molar-refractivity contribution in [3.63, 3.8) is 0 Å². The van der Waals surface area contributed by atoms with Gasteiger partial charge < -0.3 is 10.1 Å². The zero-order valence-electron chi connectivity index (χ0n) is 19.2. The van der Waals surface area contributed by atoms with Gasteiger partial charge in [-0.05, 0) is 48.2 Å². The SMILES string of the molecule is CCCC[C@@H](CC)CNC(=O)c1ccc(CN(c2ccc(OC)c(Cl)c2)S(C)(=O)=O)cc1. The summed E-state index contributed by atoms with van der Waals surface area (Å²) in [5.74, 6) is 0.838. The van der Waals surface area contributed by atoms with Gasteiger partial charge in [-0.2, -0.15) is 0 Å². The van der Waals surface area contributed by atoms with E-state index in [1.165, 1.54) is 17.8 Å². The van der Waals surface area contributed by atoms with Gasteiger partial charge in [-0.3, -0.25) is 9.10 Å². The van der Waals surface area contributed by atoms with E-state index >= 15 is 0 Å². The first-order valence-corrected chi connectivity index (χ1v) is 13.1. The molecule has 2 aromatic rings. The summed E-state index contributed by atoms with van der Waals surface area (Å²) in [6, 6.07) is 11.8. The van der Waals surface area contributed by atoms with Crippen molar-refractivity contribution >= 4 is 33.2 Å². The minimum absolute atomic E-state index is 0.117. The molecule has 0 saturated carbocycles. The fourth-order valence-corrected chi connectivity index (χ4v) is 4.55. The highest BCUT2D eigenvalue weighted by molar-refractivity contribution is 7.92. The topological polar surface area (TPSA) is 75.7 Å². The highest BCUT2D eigenvalue weighted by atomic mass is 35.5. The van der Waals surface area contributed by atoms with Gasteiger partial charge >= 0.3 is 0 Å². The summed E-state index contributed by atoms with van der Waals surface area (Å²) >= 11 is 6.18. The van der Waals surface area contributed by atoms with Crippen molar-refractivity contribution in [3.05, 3.63) is 58.6 Å². The summed E-state index contributed by atoms with van der Waals surface area (Å²) in [5, 5.41) is 3.34. The number of hydrogen-bond acceptors (Lipinski definition) is 4. The first-order valence-electron chi connectivity index (χ1n) is 10.9. The fourth-order valence-electron chi connectivity index (χ4n) is 3.42. The molecule has 1 amide bonds. The molecule has 2 rings (SSSR count). The Hall–Kier alpha value is -2.25. The normalized spacial score (nSPS) is 12.3. The molecule has 0 fully saturated rings. The van der Waals surface area contributed by atoms with E-state index in [-0.39, 0.29) is 12.5 Å². The molecule has 0 aliphatic heterocycles. The van der Waals surface area contributed by atoms with E-state index in [0.29, 0.717) is 34.5 Å². The maximum Gasteiger partial charge on any atom is 0.251 e. The number of unbranched alkanes of at least 4 members (excludes halogenated alkanes) is 1. The van der Waals surface area contributed by atoms with Gasteiger partial charge in [-0.1, -0.05) is 56.8 Å². The first-order chi connectivity index (χ1) is 15.2. The van der Waals surface area contributed by atoms with Crippen LogP contribution in [0.25, 0.3) is 0 Å². The number of halogens is 1. The molecule has 0 heterocycles. The Balaban J connectivity index is 2.10. The lowest BCUT2D eigenvalue weighted by Crippen LogP contribution is -2.30. The maximum atomic E-state index is 12.5. The summed E-state index contributed by atoms with van der Waals surface area (Å²) in [6.45, 7) is 5.10. The molecule has 0 aromatic heterocycles. The Kier molecular flexibility index (Phi) is 9.84. The molecule has 0 aliphatic rings. The molecule has 32 heavy (non-hydrogen) atoms. The van der Waals surface area contributed by atoms with Gasteiger partial charge in [0.25, 0.3) is 5.91 Å². The van der Waals surface area contributed by atoms with Crippen LogP contribution >= 0.6 is 11.6 Å². The van der Waals surface area contributed by atoms with E-state index in [4.69, 9.17) is 16.3 Å². The predicted molar refractivity (Wildman–Crippen MR) is 131 cm³/mol. The van der Waals surface area contributed by atoms with Crippen LogP contribution in [0, 0.1) is 5.92 Å². The lowest BCUT2D eigenvalue weighted by molar-refractivity contribution is 0.0946. The van der Waals surface area contributed by atoms with Crippen molar-refractivity contribution in [2.45, 2.75) is 46.1 Å². The average Bonchev–Trinajstić information content (AvgIpc) is 2.77. The molecule has 176 valence electrons. The van der Waals surface area contributed by atoms with E-state index in [1.54, 1.807) is 42.5 Å². The molecule has 8 heteroatoms. The fraction of sp³-hybridized carbons (Fsp3) is 0.458. The number of sulfonamides is 1. The molecular weight excluding hydrogens is 448 g/mol. The monoisotopic (exact) mass is 480 g/mol. The van der Waals surface area contributed by atoms with Gasteiger partial charge in [-0.15, -0.1) is 0 Å². The van der Waals surface area contributed by atoms with Crippen LogP contribution in [0.2, 0.25) is 5.02 Å². The lowest BCUT2D eigenvalue weighted by atomic mass is 9.99. The van der Waals surface area contributed by atoms with Crippen molar-refractivity contribution in [1.82, 2.24) is 5.32 Å². The van der Waals surface area contributed by atoms with Crippen LogP contribution in [0.15, 0.2) is 42.5 Å². The summed E-state index contributed by atoms with van der Waals surface area (Å²) < 4.78 is 31.2. The summed E-state index contributed by atoms with van der Waals surface area (Å²) in [4.78, 5) is 12.5. The third-order valence-electron chi connectivity index (χ3n) is 5.46. The number of carbonyl (C=O) groups excluding carboxylic acids is 1. The Morgan fingerprint density at radius 3 is 2.38 bits per heavy atom. The zero-order valence-corrected chi connectivity index (χ0v) is 20.8. The van der Waals surface area contributed by atoms with Gasteiger partial charge in [0.2, 0.25) is 10.0 Å². The molecule has 0 unspecified atom stereocenters. The first kappa shape index (κ1) is 26.0. The lowest BCUT2D eigenvalue weighted by Gasteiger charge is -2.23. The number of rotatable bonds is 12. The largest absolute Gasteiger partial charge is 0.495 e. The number of hydrogen-bond donors (Lipinski definition) is 1. The van der Waals surface area contributed by atoms with E-state index in [9.17, 15) is 13.2 Å². The smallest absolute Gasteiger partial charge is 0.251 e. The molecule has 1 atom stereocenters. The molecule has 0 radical (unpaired) electrons. The number of nitrogens with zero attached hydrogens (tertiary/aromatic N) is 1. The van der Waals surface area contributed by atoms with Gasteiger partial charge in [0, 0.05) is 12.1 Å². The van der Waals surface area contributed by atoms with Crippen LogP contribution in [0.4, 0.5) is 5.69 Å². The van der Waals surface area contributed by atoms with Crippen molar-refractivity contribution in [3.8, 4) is 5.75 Å². The second kappa shape index (κ2) is 12.1. The quantitative estimate of drug-likeness (QED) is 0.449. The Bertz CT molecular complexity index is 994. The third kappa shape index (κ3) is 7.41. The Labute approximate surface area is 197 Å². The van der Waals surface area contributed by atoms with E-state index < -0.39 is 10.0 Å². The van der Waals surface area contributed by atoms with Gasteiger partial charge in [0.05, 0.1) is 30.6 Å². The zero-order chi connectivity index (χ0) is 23.7. The molecular formula is C24H33ClN2O4S. The van der Waals surface area contributed by atoms with Gasteiger partial charge in [-0.25, -0.2) is 8.42 Å². The van der Waals surface area contributed by atoms with Crippen molar-refractivity contribution in [2.75, 3.05) is 24.2 Å². The number of ether oxygens (including phenoxy) is 1. The Morgan fingerprint density at radius 2 is 1.84 bits per heavy atom. The minimum Gasteiger partial charge on any atom is -0.495 e. The molecule has 0 bridgehead atoms. The Morgan fingerprint density at radius 1 is 1.16 bits per heavy atom. The molecule has 0 saturated heterocycles. The highest BCUT2D eigenvalue weighted by Crippen LogP contribution is 2.31. The van der Waals surface area contributed by atoms with E-state index in [2.05, 4.69) is 19.2 Å². The number of benzene rings is 2. The van der Waals surface area contributed by atoms with E-state index in [1.807, 2.05) is 0 Å². The van der Waals surface area contributed by atoms with Crippen molar-refractivity contribution < 1.29 is 17.9 Å². The van der Waals surface area contributed by atoms with Gasteiger partial charge in [0.1, 0.15) is 5.75 Å². The number of nitrogens with one attached hydrogen (secondary N) is 1. The highest BCUT2D eigenvalue weighted by Gasteiger charge is 2.19. The molecule has 1 N–H and O–H groups in total. The summed E-state index contributed by atoms with van der Waals surface area (Å²) in [6.07, 6.45) is 5.62. The summed E-state index contributed by atoms with van der Waals surface area (Å²) in [5.41, 5.74) is 1.75. The van der Waals surface area contributed by atoms with Crippen LogP contribution in [0.5, 0.6) is 5.75 Å². The van der Waals surface area contributed by atoms with E-state index in [0.717, 1.165) is 31.1 Å². The van der Waals surface area contributed by atoms with Crippen LogP contribution < -0.4 is 14.4 Å². The number of methoxy groups -OCH3 is 1. The van der Waals surface area contributed by atoms with Crippen LogP contribution in [0.1, 0.15) is 55.5 Å². The molecule has 6 nitrogen and oxygen atoms in total. The van der Waals surface area contributed by atoms with Crippen molar-refractivity contribution in [1.29, 1.82) is 0 Å². The number of carbonyl (C=O) groups is 1. The standard InChI is InChI=1S/C24H33ClN2O4S/c1-5-7-8-18(6-2)16-26-24(28)20-11-9-19(10-12-20)17-27(32(4,29)30)21-13-14-23(31-3)22(25)15-21/h9-15,18H,5-8,16-17H2,1-4H3,(H,26,28)/t18-/m1/s1. The average molecular weight is 481 g/mol. The number of anilines is 1.